The van der Waals surface area contributed by atoms with Crippen LogP contribution in [-0.4, -0.2) is 23.0 Å². The van der Waals surface area contributed by atoms with Crippen LogP contribution in [0.1, 0.15) is 41.6 Å². The van der Waals surface area contributed by atoms with Gasteiger partial charge in [-0.15, -0.1) is 0 Å². The van der Waals surface area contributed by atoms with Crippen LogP contribution in [0.15, 0.2) is 18.2 Å². The Labute approximate surface area is 118 Å². The zero-order valence-electron chi connectivity index (χ0n) is 11.6. The Morgan fingerprint density at radius 3 is 2.80 bits per heavy atom. The lowest BCUT2D eigenvalue weighted by atomic mass is 9.85. The molecule has 1 aromatic rings. The van der Waals surface area contributed by atoms with Crippen LogP contribution in [-0.2, 0) is 4.79 Å². The van der Waals surface area contributed by atoms with Crippen LogP contribution in [0.2, 0.25) is 0 Å². The number of aliphatic carboxylic acids is 1. The summed E-state index contributed by atoms with van der Waals surface area (Å²) in [5.74, 6) is -1.30. The fourth-order valence-corrected chi connectivity index (χ4v) is 2.71. The van der Waals surface area contributed by atoms with Crippen molar-refractivity contribution in [3.63, 3.8) is 0 Å². The number of nitrogens with one attached hydrogen (secondary N) is 1. The standard InChI is InChI=1S/C15H20N2O3/c1-9-12(6-3-7-13(9)16)14(18)17-11-5-2-4-10(8-11)15(19)20/h3,6-7,10-11H,2,4-5,8,16H2,1H3,(H,17,18)(H,19,20). The zero-order chi connectivity index (χ0) is 14.7. The van der Waals surface area contributed by atoms with Crippen LogP contribution in [0.4, 0.5) is 5.69 Å². The van der Waals surface area contributed by atoms with Crippen LogP contribution in [0, 0.1) is 12.8 Å². The van der Waals surface area contributed by atoms with Gasteiger partial charge in [0.2, 0.25) is 0 Å². The molecule has 1 aliphatic carbocycles. The van der Waals surface area contributed by atoms with Crippen molar-refractivity contribution >= 4 is 17.6 Å². The number of carboxylic acid groups (broad SMARTS) is 1. The van der Waals surface area contributed by atoms with E-state index in [9.17, 15) is 9.59 Å². The number of carboxylic acids is 1. The molecule has 1 aliphatic rings. The van der Waals surface area contributed by atoms with Crippen molar-refractivity contribution in [2.45, 2.75) is 38.6 Å². The Hall–Kier alpha value is -2.04. The van der Waals surface area contributed by atoms with Gasteiger partial charge in [0, 0.05) is 17.3 Å². The fourth-order valence-electron chi connectivity index (χ4n) is 2.71. The van der Waals surface area contributed by atoms with E-state index in [1.54, 1.807) is 18.2 Å². The van der Waals surface area contributed by atoms with Crippen molar-refractivity contribution < 1.29 is 14.7 Å². The summed E-state index contributed by atoms with van der Waals surface area (Å²) in [4.78, 5) is 23.3. The maximum absolute atomic E-state index is 12.2. The molecule has 2 unspecified atom stereocenters. The average Bonchev–Trinajstić information content (AvgIpc) is 2.42. The largest absolute Gasteiger partial charge is 0.481 e. The number of benzene rings is 1. The van der Waals surface area contributed by atoms with Gasteiger partial charge in [0.1, 0.15) is 0 Å². The highest BCUT2D eigenvalue weighted by Gasteiger charge is 2.28. The second-order valence-electron chi connectivity index (χ2n) is 5.39. The summed E-state index contributed by atoms with van der Waals surface area (Å²) >= 11 is 0. The van der Waals surface area contributed by atoms with E-state index in [1.807, 2.05) is 6.92 Å². The molecule has 4 N–H and O–H groups in total. The van der Waals surface area contributed by atoms with E-state index in [4.69, 9.17) is 10.8 Å². The molecule has 2 atom stereocenters. The Bertz CT molecular complexity index is 528. The second-order valence-corrected chi connectivity index (χ2v) is 5.39. The van der Waals surface area contributed by atoms with Crippen LogP contribution in [0.5, 0.6) is 0 Å². The van der Waals surface area contributed by atoms with Gasteiger partial charge in [-0.2, -0.15) is 0 Å². The molecule has 0 radical (unpaired) electrons. The first-order valence-electron chi connectivity index (χ1n) is 6.87. The molecule has 5 nitrogen and oxygen atoms in total. The summed E-state index contributed by atoms with van der Waals surface area (Å²) in [5, 5.41) is 12.0. The Morgan fingerprint density at radius 2 is 2.10 bits per heavy atom. The molecule has 0 saturated heterocycles. The van der Waals surface area contributed by atoms with Crippen molar-refractivity contribution in [3.05, 3.63) is 29.3 Å². The summed E-state index contributed by atoms with van der Waals surface area (Å²) in [6.45, 7) is 1.81. The summed E-state index contributed by atoms with van der Waals surface area (Å²) < 4.78 is 0. The maximum Gasteiger partial charge on any atom is 0.306 e. The van der Waals surface area contributed by atoms with Gasteiger partial charge in [0.05, 0.1) is 5.92 Å². The number of hydrogen-bond donors (Lipinski definition) is 3. The van der Waals surface area contributed by atoms with Crippen LogP contribution < -0.4 is 11.1 Å². The molecule has 20 heavy (non-hydrogen) atoms. The third-order valence-electron chi connectivity index (χ3n) is 3.98. The van der Waals surface area contributed by atoms with E-state index >= 15 is 0 Å². The molecule has 1 saturated carbocycles. The van der Waals surface area contributed by atoms with Crippen LogP contribution >= 0.6 is 0 Å². The van der Waals surface area contributed by atoms with Gasteiger partial charge >= 0.3 is 5.97 Å². The van der Waals surface area contributed by atoms with Gasteiger partial charge in [0.15, 0.2) is 0 Å². The SMILES string of the molecule is Cc1c(N)cccc1C(=O)NC1CCCC(C(=O)O)C1. The number of carbonyl (C=O) groups excluding carboxylic acids is 1. The predicted octanol–water partition coefficient (Wildman–Crippen LogP) is 1.95. The number of anilines is 1. The van der Waals surface area contributed by atoms with Gasteiger partial charge in [-0.3, -0.25) is 9.59 Å². The van der Waals surface area contributed by atoms with E-state index in [0.29, 0.717) is 24.1 Å². The minimum atomic E-state index is -0.774. The lowest BCUT2D eigenvalue weighted by Crippen LogP contribution is -2.40. The van der Waals surface area contributed by atoms with E-state index in [-0.39, 0.29) is 17.9 Å². The van der Waals surface area contributed by atoms with Crippen molar-refractivity contribution in [1.82, 2.24) is 5.32 Å². The normalized spacial score (nSPS) is 22.2. The Balaban J connectivity index is 2.04. The number of amides is 1. The molecule has 1 amide bonds. The Kier molecular flexibility index (Phi) is 4.27. The third-order valence-corrected chi connectivity index (χ3v) is 3.98. The second kappa shape index (κ2) is 5.94. The first kappa shape index (κ1) is 14.4. The molecule has 108 valence electrons. The zero-order valence-corrected chi connectivity index (χ0v) is 11.6. The quantitative estimate of drug-likeness (QED) is 0.736. The molecule has 1 fully saturated rings. The molecule has 5 heteroatoms. The van der Waals surface area contributed by atoms with Crippen molar-refractivity contribution in [1.29, 1.82) is 0 Å². The van der Waals surface area contributed by atoms with Crippen molar-refractivity contribution in [2.24, 2.45) is 5.92 Å². The smallest absolute Gasteiger partial charge is 0.306 e. The molecule has 0 bridgehead atoms. The highest BCUT2D eigenvalue weighted by molar-refractivity contribution is 5.97. The average molecular weight is 276 g/mol. The number of carbonyl (C=O) groups is 2. The number of nitrogens with two attached hydrogens (primary N) is 1. The van der Waals surface area contributed by atoms with Crippen LogP contribution in [0.25, 0.3) is 0 Å². The summed E-state index contributed by atoms with van der Waals surface area (Å²) in [6, 6.07) is 5.17. The summed E-state index contributed by atoms with van der Waals surface area (Å²) in [5.41, 5.74) is 7.70. The molecule has 0 aromatic heterocycles. The molecule has 0 aliphatic heterocycles. The molecular formula is C15H20N2O3. The summed E-state index contributed by atoms with van der Waals surface area (Å²) in [6.07, 6.45) is 2.86. The maximum atomic E-state index is 12.2. The first-order valence-corrected chi connectivity index (χ1v) is 6.87. The van der Waals surface area contributed by atoms with Gasteiger partial charge in [-0.1, -0.05) is 12.5 Å². The van der Waals surface area contributed by atoms with E-state index in [2.05, 4.69) is 5.32 Å². The van der Waals surface area contributed by atoms with Gasteiger partial charge in [0.25, 0.3) is 5.91 Å². The van der Waals surface area contributed by atoms with E-state index < -0.39 is 5.97 Å². The van der Waals surface area contributed by atoms with Crippen molar-refractivity contribution in [2.75, 3.05) is 5.73 Å². The lowest BCUT2D eigenvalue weighted by molar-refractivity contribution is -0.143. The topological polar surface area (TPSA) is 92.4 Å². The molecule has 1 aromatic carbocycles. The summed E-state index contributed by atoms with van der Waals surface area (Å²) in [7, 11) is 0. The van der Waals surface area contributed by atoms with Gasteiger partial charge < -0.3 is 16.2 Å². The van der Waals surface area contributed by atoms with E-state index in [0.717, 1.165) is 18.4 Å². The van der Waals surface area contributed by atoms with Gasteiger partial charge in [-0.05, 0) is 43.9 Å². The minimum absolute atomic E-state index is 0.0711. The lowest BCUT2D eigenvalue weighted by Gasteiger charge is -2.27. The molecule has 2 rings (SSSR count). The minimum Gasteiger partial charge on any atom is -0.481 e. The molecular weight excluding hydrogens is 256 g/mol. The third kappa shape index (κ3) is 3.10. The number of rotatable bonds is 3. The highest BCUT2D eigenvalue weighted by atomic mass is 16.4. The Morgan fingerprint density at radius 1 is 1.35 bits per heavy atom. The van der Waals surface area contributed by atoms with Gasteiger partial charge in [-0.25, -0.2) is 0 Å². The number of nitrogen functional groups attached to an aromatic ring is 1. The van der Waals surface area contributed by atoms with Crippen molar-refractivity contribution in [3.8, 4) is 0 Å². The fraction of sp³-hybridized carbons (Fsp3) is 0.467. The monoisotopic (exact) mass is 276 g/mol. The predicted molar refractivity (Wildman–Crippen MR) is 76.4 cm³/mol. The molecule has 0 spiro atoms. The van der Waals surface area contributed by atoms with Crippen LogP contribution in [0.3, 0.4) is 0 Å². The van der Waals surface area contributed by atoms with E-state index in [1.165, 1.54) is 0 Å². The number of hydrogen-bond acceptors (Lipinski definition) is 3. The highest BCUT2D eigenvalue weighted by Crippen LogP contribution is 2.25. The first-order chi connectivity index (χ1) is 9.49. The molecule has 0 heterocycles.